The SMILES string of the molecule is C=C(C)C(=O)O.C=C(C)C(=O)OCC(O)C(=CCCCC)C(=O)OC(=O)C(=C)C. The van der Waals surface area contributed by atoms with Crippen LogP contribution in [0.5, 0.6) is 0 Å². The Morgan fingerprint density at radius 2 is 1.41 bits per heavy atom. The van der Waals surface area contributed by atoms with Crippen molar-refractivity contribution in [3.8, 4) is 0 Å². The molecule has 1 atom stereocenters. The molecule has 0 aromatic heterocycles. The number of rotatable bonds is 10. The number of esters is 3. The Morgan fingerprint density at radius 1 is 0.931 bits per heavy atom. The Bertz CT molecular complexity index is 673. The van der Waals surface area contributed by atoms with Crippen LogP contribution in [0.1, 0.15) is 47.0 Å². The third-order valence-electron chi connectivity index (χ3n) is 3.14. The van der Waals surface area contributed by atoms with E-state index >= 15 is 0 Å². The van der Waals surface area contributed by atoms with Crippen LogP contribution in [-0.4, -0.2) is 46.8 Å². The summed E-state index contributed by atoms with van der Waals surface area (Å²) in [6.45, 7) is 15.8. The zero-order valence-electron chi connectivity index (χ0n) is 17.4. The van der Waals surface area contributed by atoms with Crippen molar-refractivity contribution in [1.29, 1.82) is 0 Å². The average Bonchev–Trinajstić information content (AvgIpc) is 2.62. The summed E-state index contributed by atoms with van der Waals surface area (Å²) in [7, 11) is 0. The molecule has 0 saturated heterocycles. The van der Waals surface area contributed by atoms with E-state index in [4.69, 9.17) is 9.84 Å². The van der Waals surface area contributed by atoms with E-state index in [1.165, 1.54) is 26.8 Å². The minimum Gasteiger partial charge on any atom is -0.478 e. The molecule has 0 fully saturated rings. The summed E-state index contributed by atoms with van der Waals surface area (Å²) >= 11 is 0. The summed E-state index contributed by atoms with van der Waals surface area (Å²) in [4.78, 5) is 44.4. The third kappa shape index (κ3) is 13.8. The Kier molecular flexibility index (Phi) is 14.6. The average molecular weight is 410 g/mol. The highest BCUT2D eigenvalue weighted by Gasteiger charge is 2.24. The Balaban J connectivity index is 0. The molecule has 8 heteroatoms. The van der Waals surface area contributed by atoms with Gasteiger partial charge in [0.1, 0.15) is 12.7 Å². The molecular weight excluding hydrogens is 380 g/mol. The normalized spacial score (nSPS) is 11.3. The van der Waals surface area contributed by atoms with Crippen molar-refractivity contribution in [3.63, 3.8) is 0 Å². The molecule has 162 valence electrons. The van der Waals surface area contributed by atoms with Crippen LogP contribution in [0.15, 0.2) is 48.1 Å². The highest BCUT2D eigenvalue weighted by molar-refractivity contribution is 6.01. The number of aliphatic hydroxyl groups is 1. The van der Waals surface area contributed by atoms with Gasteiger partial charge in [-0.15, -0.1) is 0 Å². The van der Waals surface area contributed by atoms with Gasteiger partial charge in [0.05, 0.1) is 5.57 Å². The molecule has 0 rings (SSSR count). The molecule has 0 saturated carbocycles. The molecule has 8 nitrogen and oxygen atoms in total. The van der Waals surface area contributed by atoms with Gasteiger partial charge in [-0.25, -0.2) is 19.2 Å². The first-order valence-corrected chi connectivity index (χ1v) is 8.86. The van der Waals surface area contributed by atoms with Crippen molar-refractivity contribution in [1.82, 2.24) is 0 Å². The first kappa shape index (κ1) is 28.2. The standard InChI is InChI=1S/C17H24O6.C4H6O2/c1-6-7-8-9-13(17(21)23-16(20)12(4)5)14(18)10-22-15(19)11(2)3;1-3(2)4(5)6/h9,14,18H,2,4,6-8,10H2,1,3,5H3;1H2,2H3,(H,5,6). The van der Waals surface area contributed by atoms with Gasteiger partial charge < -0.3 is 19.7 Å². The van der Waals surface area contributed by atoms with Crippen LogP contribution in [0.3, 0.4) is 0 Å². The number of carboxylic acids is 1. The monoisotopic (exact) mass is 410 g/mol. The maximum atomic E-state index is 12.0. The van der Waals surface area contributed by atoms with Crippen LogP contribution in [-0.2, 0) is 28.7 Å². The number of carboxylic acid groups (broad SMARTS) is 1. The van der Waals surface area contributed by atoms with Crippen molar-refractivity contribution >= 4 is 23.9 Å². The second-order valence-corrected chi connectivity index (χ2v) is 6.24. The molecule has 0 aliphatic rings. The lowest BCUT2D eigenvalue weighted by molar-refractivity contribution is -0.155. The van der Waals surface area contributed by atoms with E-state index in [1.54, 1.807) is 0 Å². The summed E-state index contributed by atoms with van der Waals surface area (Å²) in [6, 6.07) is 0. The van der Waals surface area contributed by atoms with Crippen molar-refractivity contribution in [2.45, 2.75) is 53.1 Å². The van der Waals surface area contributed by atoms with Gasteiger partial charge in [-0.3, -0.25) is 0 Å². The van der Waals surface area contributed by atoms with E-state index < -0.39 is 36.6 Å². The van der Waals surface area contributed by atoms with E-state index in [0.29, 0.717) is 6.42 Å². The first-order chi connectivity index (χ1) is 13.3. The van der Waals surface area contributed by atoms with Crippen LogP contribution >= 0.6 is 0 Å². The highest BCUT2D eigenvalue weighted by atomic mass is 16.6. The summed E-state index contributed by atoms with van der Waals surface area (Å²) in [6.07, 6.45) is 2.30. The molecule has 2 N–H and O–H groups in total. The minimum absolute atomic E-state index is 0.0643. The van der Waals surface area contributed by atoms with Gasteiger partial charge in [0.15, 0.2) is 0 Å². The lowest BCUT2D eigenvalue weighted by atomic mass is 10.1. The third-order valence-corrected chi connectivity index (χ3v) is 3.14. The molecule has 0 bridgehead atoms. The molecule has 0 aliphatic carbocycles. The lowest BCUT2D eigenvalue weighted by Crippen LogP contribution is -2.28. The molecule has 0 aromatic carbocycles. The number of carbonyl (C=O) groups excluding carboxylic acids is 3. The number of hydrogen-bond acceptors (Lipinski definition) is 7. The van der Waals surface area contributed by atoms with Crippen molar-refractivity contribution in [2.24, 2.45) is 0 Å². The van der Waals surface area contributed by atoms with Gasteiger partial charge in [-0.05, 0) is 27.2 Å². The largest absolute Gasteiger partial charge is 0.478 e. The molecule has 1 unspecified atom stereocenters. The second kappa shape index (κ2) is 15.0. The number of aliphatic hydroxyl groups excluding tert-OH is 1. The minimum atomic E-state index is -1.39. The molecule has 0 radical (unpaired) electrons. The quantitative estimate of drug-likeness (QED) is 0.244. The number of hydrogen-bond donors (Lipinski definition) is 2. The number of aliphatic carboxylic acids is 1. The first-order valence-electron chi connectivity index (χ1n) is 8.86. The molecule has 29 heavy (non-hydrogen) atoms. The number of allylic oxidation sites excluding steroid dienone is 1. The van der Waals surface area contributed by atoms with Gasteiger partial charge in [0.25, 0.3) is 0 Å². The molecule has 0 amide bonds. The summed E-state index contributed by atoms with van der Waals surface area (Å²) in [5, 5.41) is 17.9. The fraction of sp³-hybridized carbons (Fsp3) is 0.429. The predicted molar refractivity (Wildman–Crippen MR) is 108 cm³/mol. The summed E-state index contributed by atoms with van der Waals surface area (Å²) in [5.41, 5.74) is 0.292. The van der Waals surface area contributed by atoms with E-state index in [0.717, 1.165) is 12.8 Å². The molecule has 0 aromatic rings. The summed E-state index contributed by atoms with van der Waals surface area (Å²) < 4.78 is 9.43. The molecule has 0 heterocycles. The van der Waals surface area contributed by atoms with Crippen LogP contribution in [0.4, 0.5) is 0 Å². The fourth-order valence-electron chi connectivity index (χ4n) is 1.41. The van der Waals surface area contributed by atoms with E-state index in [2.05, 4.69) is 24.5 Å². The molecule has 0 aliphatic heterocycles. The van der Waals surface area contributed by atoms with E-state index in [1.807, 2.05) is 6.92 Å². The zero-order valence-corrected chi connectivity index (χ0v) is 17.4. The smallest absolute Gasteiger partial charge is 0.344 e. The van der Waals surface area contributed by atoms with Crippen LogP contribution in [0.25, 0.3) is 0 Å². The van der Waals surface area contributed by atoms with E-state index in [-0.39, 0.29) is 22.3 Å². The zero-order chi connectivity index (χ0) is 23.1. The molecule has 0 spiro atoms. The van der Waals surface area contributed by atoms with Gasteiger partial charge in [0, 0.05) is 16.7 Å². The van der Waals surface area contributed by atoms with Crippen molar-refractivity contribution < 1.29 is 38.9 Å². The van der Waals surface area contributed by atoms with Gasteiger partial charge in [-0.1, -0.05) is 45.6 Å². The van der Waals surface area contributed by atoms with Crippen LogP contribution in [0.2, 0.25) is 0 Å². The van der Waals surface area contributed by atoms with Gasteiger partial charge in [-0.2, -0.15) is 0 Å². The predicted octanol–water partition coefficient (Wildman–Crippen LogP) is 2.88. The fourth-order valence-corrected chi connectivity index (χ4v) is 1.41. The van der Waals surface area contributed by atoms with Gasteiger partial charge >= 0.3 is 23.9 Å². The van der Waals surface area contributed by atoms with Gasteiger partial charge in [0.2, 0.25) is 0 Å². The molecular formula is C21H30O8. The summed E-state index contributed by atoms with van der Waals surface area (Å²) in [5.74, 6) is -3.46. The Hall–Kier alpha value is -3.00. The van der Waals surface area contributed by atoms with Crippen LogP contribution in [0, 0.1) is 0 Å². The maximum Gasteiger partial charge on any atom is 0.344 e. The number of unbranched alkanes of at least 4 members (excludes halogenated alkanes) is 2. The maximum absolute atomic E-state index is 12.0. The lowest BCUT2D eigenvalue weighted by Gasteiger charge is -2.14. The highest BCUT2D eigenvalue weighted by Crippen LogP contribution is 2.11. The van der Waals surface area contributed by atoms with E-state index in [9.17, 15) is 24.3 Å². The van der Waals surface area contributed by atoms with Crippen molar-refractivity contribution in [3.05, 3.63) is 48.1 Å². The number of ether oxygens (including phenoxy) is 2. The van der Waals surface area contributed by atoms with Crippen molar-refractivity contribution in [2.75, 3.05) is 6.61 Å². The van der Waals surface area contributed by atoms with Crippen LogP contribution < -0.4 is 0 Å². The Morgan fingerprint density at radius 3 is 1.79 bits per heavy atom. The topological polar surface area (TPSA) is 127 Å². The second-order valence-electron chi connectivity index (χ2n) is 6.24. The number of carbonyl (C=O) groups is 4. The Labute approximate surface area is 171 Å².